The highest BCUT2D eigenvalue weighted by atomic mass is 15.2. The van der Waals surface area contributed by atoms with Crippen molar-refractivity contribution in [2.45, 2.75) is 12.0 Å². The van der Waals surface area contributed by atoms with E-state index < -0.39 is 0 Å². The molecule has 1 aromatic rings. The van der Waals surface area contributed by atoms with Gasteiger partial charge in [0.1, 0.15) is 6.04 Å². The molecule has 1 aliphatic rings. The molecule has 76 valence electrons. The van der Waals surface area contributed by atoms with Gasteiger partial charge < -0.3 is 0 Å². The largest absolute Gasteiger partial charge is 0.283 e. The van der Waals surface area contributed by atoms with E-state index in [4.69, 9.17) is 5.26 Å². The minimum absolute atomic E-state index is 0.0189. The lowest BCUT2D eigenvalue weighted by atomic mass is 9.83. The predicted molar refractivity (Wildman–Crippen MR) is 60.4 cm³/mol. The Labute approximate surface area is 90.4 Å². The Kier molecular flexibility index (Phi) is 2.84. The standard InChI is InChI=1S/C13H14N2/c1-2-8-15-10-12(13(15)9-14)11-6-4-3-5-7-11/h2-7,12-13H,1,8,10H2. The van der Waals surface area contributed by atoms with Gasteiger partial charge in [-0.3, -0.25) is 4.90 Å². The van der Waals surface area contributed by atoms with Crippen LogP contribution < -0.4 is 0 Å². The van der Waals surface area contributed by atoms with Crippen molar-refractivity contribution in [2.75, 3.05) is 13.1 Å². The molecule has 0 N–H and O–H groups in total. The Morgan fingerprint density at radius 2 is 2.20 bits per heavy atom. The zero-order valence-corrected chi connectivity index (χ0v) is 8.63. The smallest absolute Gasteiger partial charge is 0.106 e. The molecule has 1 fully saturated rings. The van der Waals surface area contributed by atoms with Crippen LogP contribution in [-0.2, 0) is 0 Å². The molecule has 1 aliphatic heterocycles. The van der Waals surface area contributed by atoms with Crippen LogP contribution >= 0.6 is 0 Å². The minimum Gasteiger partial charge on any atom is -0.283 e. The summed E-state index contributed by atoms with van der Waals surface area (Å²) in [6.45, 7) is 5.47. The van der Waals surface area contributed by atoms with Crippen molar-refractivity contribution in [3.8, 4) is 6.07 Å². The molecule has 2 atom stereocenters. The number of benzene rings is 1. The highest BCUT2D eigenvalue weighted by molar-refractivity contribution is 5.28. The van der Waals surface area contributed by atoms with Crippen molar-refractivity contribution in [1.82, 2.24) is 4.90 Å². The highest BCUT2D eigenvalue weighted by Gasteiger charge is 2.38. The summed E-state index contributed by atoms with van der Waals surface area (Å²) in [5.74, 6) is 0.371. The Hall–Kier alpha value is -1.59. The Morgan fingerprint density at radius 1 is 1.47 bits per heavy atom. The van der Waals surface area contributed by atoms with Gasteiger partial charge in [-0.25, -0.2) is 0 Å². The molecular formula is C13H14N2. The van der Waals surface area contributed by atoms with Gasteiger partial charge in [0.25, 0.3) is 0 Å². The van der Waals surface area contributed by atoms with Gasteiger partial charge in [0.2, 0.25) is 0 Å². The second-order valence-corrected chi connectivity index (χ2v) is 3.83. The maximum absolute atomic E-state index is 9.09. The van der Waals surface area contributed by atoms with E-state index in [1.807, 2.05) is 24.3 Å². The van der Waals surface area contributed by atoms with Crippen LogP contribution in [0.2, 0.25) is 0 Å². The summed E-state index contributed by atoms with van der Waals surface area (Å²) in [6.07, 6.45) is 1.85. The molecule has 0 aromatic heterocycles. The summed E-state index contributed by atoms with van der Waals surface area (Å²) < 4.78 is 0. The molecule has 0 bridgehead atoms. The number of nitriles is 1. The topological polar surface area (TPSA) is 27.0 Å². The second kappa shape index (κ2) is 4.29. The van der Waals surface area contributed by atoms with Gasteiger partial charge >= 0.3 is 0 Å². The quantitative estimate of drug-likeness (QED) is 0.696. The molecule has 1 aromatic carbocycles. The fraction of sp³-hybridized carbons (Fsp3) is 0.308. The van der Waals surface area contributed by atoms with Gasteiger partial charge in [0.15, 0.2) is 0 Å². The van der Waals surface area contributed by atoms with E-state index in [2.05, 4.69) is 29.7 Å². The lowest BCUT2D eigenvalue weighted by Gasteiger charge is -2.44. The van der Waals surface area contributed by atoms with Crippen LogP contribution in [-0.4, -0.2) is 24.0 Å². The molecule has 2 rings (SSSR count). The molecular weight excluding hydrogens is 184 g/mol. The Morgan fingerprint density at radius 3 is 2.80 bits per heavy atom. The van der Waals surface area contributed by atoms with Crippen LogP contribution in [0.1, 0.15) is 11.5 Å². The first-order valence-electron chi connectivity index (χ1n) is 5.16. The number of hydrogen-bond donors (Lipinski definition) is 0. The first-order valence-corrected chi connectivity index (χ1v) is 5.16. The van der Waals surface area contributed by atoms with Crippen LogP contribution in [0.25, 0.3) is 0 Å². The van der Waals surface area contributed by atoms with Gasteiger partial charge in [-0.2, -0.15) is 5.26 Å². The van der Waals surface area contributed by atoms with E-state index >= 15 is 0 Å². The van der Waals surface area contributed by atoms with Gasteiger partial charge in [0, 0.05) is 19.0 Å². The average Bonchev–Trinajstić information content (AvgIpc) is 2.25. The summed E-state index contributed by atoms with van der Waals surface area (Å²) in [5.41, 5.74) is 1.27. The van der Waals surface area contributed by atoms with E-state index in [0.29, 0.717) is 5.92 Å². The van der Waals surface area contributed by atoms with Gasteiger partial charge in [-0.1, -0.05) is 36.4 Å². The van der Waals surface area contributed by atoms with E-state index in [-0.39, 0.29) is 6.04 Å². The first-order chi connectivity index (χ1) is 7.36. The van der Waals surface area contributed by atoms with Crippen molar-refractivity contribution < 1.29 is 0 Å². The molecule has 2 unspecified atom stereocenters. The first kappa shape index (κ1) is 9.95. The SMILES string of the molecule is C=CCN1CC(c2ccccc2)C1C#N. The van der Waals surface area contributed by atoms with Crippen molar-refractivity contribution >= 4 is 0 Å². The lowest BCUT2D eigenvalue weighted by Crippen LogP contribution is -2.53. The maximum atomic E-state index is 9.09. The summed E-state index contributed by atoms with van der Waals surface area (Å²) in [5, 5.41) is 9.09. The molecule has 0 aliphatic carbocycles. The third-order valence-electron chi connectivity index (χ3n) is 2.93. The monoisotopic (exact) mass is 198 g/mol. The number of hydrogen-bond acceptors (Lipinski definition) is 2. The molecule has 0 spiro atoms. The summed E-state index contributed by atoms with van der Waals surface area (Å²) in [7, 11) is 0. The van der Waals surface area contributed by atoms with Crippen molar-refractivity contribution in [2.24, 2.45) is 0 Å². The Bertz CT molecular complexity index is 377. The molecule has 0 saturated carbocycles. The van der Waals surface area contributed by atoms with Crippen molar-refractivity contribution in [3.05, 3.63) is 48.6 Å². The van der Waals surface area contributed by atoms with E-state index in [1.165, 1.54) is 5.56 Å². The molecule has 0 amide bonds. The lowest BCUT2D eigenvalue weighted by molar-refractivity contribution is 0.114. The van der Waals surface area contributed by atoms with Crippen molar-refractivity contribution in [1.29, 1.82) is 5.26 Å². The molecule has 2 heteroatoms. The van der Waals surface area contributed by atoms with Crippen LogP contribution in [0.15, 0.2) is 43.0 Å². The third-order valence-corrected chi connectivity index (χ3v) is 2.93. The van der Waals surface area contributed by atoms with E-state index in [1.54, 1.807) is 0 Å². The maximum Gasteiger partial charge on any atom is 0.106 e. The fourth-order valence-corrected chi connectivity index (χ4v) is 2.10. The van der Waals surface area contributed by atoms with E-state index in [0.717, 1.165) is 13.1 Å². The fourth-order valence-electron chi connectivity index (χ4n) is 2.10. The molecule has 0 radical (unpaired) electrons. The van der Waals surface area contributed by atoms with Crippen LogP contribution in [0.4, 0.5) is 0 Å². The summed E-state index contributed by atoms with van der Waals surface area (Å²) in [4.78, 5) is 2.14. The molecule has 2 nitrogen and oxygen atoms in total. The summed E-state index contributed by atoms with van der Waals surface area (Å²) in [6, 6.07) is 12.6. The molecule has 15 heavy (non-hydrogen) atoms. The van der Waals surface area contributed by atoms with Crippen LogP contribution in [0.5, 0.6) is 0 Å². The highest BCUT2D eigenvalue weighted by Crippen LogP contribution is 2.33. The minimum atomic E-state index is 0.0189. The van der Waals surface area contributed by atoms with Gasteiger partial charge in [-0.15, -0.1) is 6.58 Å². The number of nitrogens with zero attached hydrogens (tertiary/aromatic N) is 2. The molecule has 1 saturated heterocycles. The average molecular weight is 198 g/mol. The number of likely N-dealkylation sites (tertiary alicyclic amines) is 1. The van der Waals surface area contributed by atoms with Gasteiger partial charge in [0.05, 0.1) is 6.07 Å². The molecule has 1 heterocycles. The zero-order valence-electron chi connectivity index (χ0n) is 8.63. The number of rotatable bonds is 3. The van der Waals surface area contributed by atoms with Gasteiger partial charge in [-0.05, 0) is 5.56 Å². The van der Waals surface area contributed by atoms with Crippen LogP contribution in [0, 0.1) is 11.3 Å². The second-order valence-electron chi connectivity index (χ2n) is 3.83. The van der Waals surface area contributed by atoms with Crippen LogP contribution in [0.3, 0.4) is 0 Å². The van der Waals surface area contributed by atoms with Crippen molar-refractivity contribution in [3.63, 3.8) is 0 Å². The Balaban J connectivity index is 2.09. The zero-order chi connectivity index (χ0) is 10.7. The predicted octanol–water partition coefficient (Wildman–Crippen LogP) is 2.16. The summed E-state index contributed by atoms with van der Waals surface area (Å²) >= 11 is 0. The third kappa shape index (κ3) is 1.79. The van der Waals surface area contributed by atoms with E-state index in [9.17, 15) is 0 Å². The normalized spacial score (nSPS) is 25.3.